The summed E-state index contributed by atoms with van der Waals surface area (Å²) < 4.78 is 3.95. The summed E-state index contributed by atoms with van der Waals surface area (Å²) in [7, 11) is 1.81. The third-order valence-corrected chi connectivity index (χ3v) is 5.29. The number of benzene rings is 2. The second-order valence-electron chi connectivity index (χ2n) is 7.61. The molecule has 0 aliphatic heterocycles. The molecule has 0 aliphatic carbocycles. The number of fused-ring (bicyclic) bond motifs is 2. The van der Waals surface area contributed by atoms with E-state index in [0.29, 0.717) is 12.2 Å². The van der Waals surface area contributed by atoms with E-state index in [4.69, 9.17) is 20.6 Å². The van der Waals surface area contributed by atoms with Crippen LogP contribution in [0.3, 0.4) is 0 Å². The Bertz CT molecular complexity index is 1310. The zero-order valence-electron chi connectivity index (χ0n) is 18.3. The Labute approximate surface area is 180 Å². The van der Waals surface area contributed by atoms with Gasteiger partial charge in [-0.3, -0.25) is 9.59 Å². The summed E-state index contributed by atoms with van der Waals surface area (Å²) in [5.74, 6) is -0.833. The maximum Gasteiger partial charge on any atom is 0.300 e. The zero-order valence-corrected chi connectivity index (χ0v) is 18.3. The molecule has 7 nitrogen and oxygen atoms in total. The van der Waals surface area contributed by atoms with Gasteiger partial charge in [0.2, 0.25) is 0 Å². The highest BCUT2D eigenvalue weighted by molar-refractivity contribution is 5.97. The third kappa shape index (κ3) is 4.36. The fourth-order valence-corrected chi connectivity index (χ4v) is 3.87. The van der Waals surface area contributed by atoms with E-state index in [0.717, 1.165) is 58.6 Å². The van der Waals surface area contributed by atoms with Gasteiger partial charge in [0.05, 0.1) is 11.0 Å². The van der Waals surface area contributed by atoms with Crippen LogP contribution in [0.2, 0.25) is 0 Å². The van der Waals surface area contributed by atoms with Crippen LogP contribution in [0.1, 0.15) is 24.6 Å². The Kier molecular flexibility index (Phi) is 6.56. The highest BCUT2D eigenvalue weighted by Crippen LogP contribution is 2.33. The van der Waals surface area contributed by atoms with E-state index in [1.807, 2.05) is 44.3 Å². The first kappa shape index (κ1) is 22.2. The van der Waals surface area contributed by atoms with Crippen molar-refractivity contribution >= 4 is 27.9 Å². The highest BCUT2D eigenvalue weighted by atomic mass is 16.4. The lowest BCUT2D eigenvalue weighted by Gasteiger charge is -2.10. The van der Waals surface area contributed by atoms with E-state index in [1.54, 1.807) is 4.57 Å². The maximum atomic E-state index is 13.2. The second-order valence-corrected chi connectivity index (χ2v) is 7.61. The lowest BCUT2D eigenvalue weighted by molar-refractivity contribution is -0.134. The van der Waals surface area contributed by atoms with E-state index >= 15 is 0 Å². The number of carboxylic acids is 1. The number of aromatic nitrogens is 3. The molecule has 4 aromatic rings. The number of nitrogens with two attached hydrogens (primary N) is 1. The molecule has 7 heteroatoms. The molecule has 0 fully saturated rings. The summed E-state index contributed by atoms with van der Waals surface area (Å²) in [5, 5.41) is 8.48. The van der Waals surface area contributed by atoms with Crippen LogP contribution in [0.25, 0.3) is 33.2 Å². The molecule has 0 aliphatic rings. The van der Waals surface area contributed by atoms with Crippen molar-refractivity contribution in [3.63, 3.8) is 0 Å². The molecule has 0 spiro atoms. The number of aryl methyl sites for hydroxylation is 3. The Hall–Kier alpha value is -3.45. The van der Waals surface area contributed by atoms with Gasteiger partial charge in [0, 0.05) is 42.7 Å². The Morgan fingerprint density at radius 2 is 1.81 bits per heavy atom. The van der Waals surface area contributed by atoms with Gasteiger partial charge in [0.15, 0.2) is 0 Å². The number of aliphatic carboxylic acids is 1. The fraction of sp³-hybridized carbons (Fsp3) is 0.292. The maximum absolute atomic E-state index is 13.2. The number of para-hydroxylation sites is 1. The molecule has 0 bridgehead atoms. The summed E-state index contributed by atoms with van der Waals surface area (Å²) in [6, 6.07) is 14.2. The average Bonchev–Trinajstić information content (AvgIpc) is 3.00. The van der Waals surface area contributed by atoms with Gasteiger partial charge < -0.3 is 20.0 Å². The molecular weight excluding hydrogens is 392 g/mol. The SMILES string of the molecule is CC(=O)O.Cc1ccc2c(c1)nc(-c1c(C)n(CCCN)c3ccccc13)c(=O)n2C. The molecule has 3 N–H and O–H groups in total. The van der Waals surface area contributed by atoms with Crippen molar-refractivity contribution in [1.29, 1.82) is 0 Å². The zero-order chi connectivity index (χ0) is 22.7. The van der Waals surface area contributed by atoms with Crippen molar-refractivity contribution in [2.45, 2.75) is 33.7 Å². The summed E-state index contributed by atoms with van der Waals surface area (Å²) >= 11 is 0. The Morgan fingerprint density at radius 1 is 1.13 bits per heavy atom. The van der Waals surface area contributed by atoms with Crippen molar-refractivity contribution in [2.24, 2.45) is 12.8 Å². The van der Waals surface area contributed by atoms with E-state index in [-0.39, 0.29) is 5.56 Å². The number of carbonyl (C=O) groups is 1. The van der Waals surface area contributed by atoms with Gasteiger partial charge in [-0.1, -0.05) is 24.3 Å². The molecule has 0 unspecified atom stereocenters. The lowest BCUT2D eigenvalue weighted by Crippen LogP contribution is -2.21. The highest BCUT2D eigenvalue weighted by Gasteiger charge is 2.20. The van der Waals surface area contributed by atoms with Crippen molar-refractivity contribution in [3.05, 3.63) is 64.1 Å². The first-order valence-electron chi connectivity index (χ1n) is 10.2. The van der Waals surface area contributed by atoms with Crippen molar-refractivity contribution in [2.75, 3.05) is 6.54 Å². The van der Waals surface area contributed by atoms with E-state index in [9.17, 15) is 4.79 Å². The Balaban J connectivity index is 0.000000628. The topological polar surface area (TPSA) is 103 Å². The second kappa shape index (κ2) is 9.14. The fourth-order valence-electron chi connectivity index (χ4n) is 3.87. The third-order valence-electron chi connectivity index (χ3n) is 5.29. The van der Waals surface area contributed by atoms with Crippen LogP contribution in [-0.4, -0.2) is 31.7 Å². The average molecular weight is 421 g/mol. The minimum atomic E-state index is -0.833. The van der Waals surface area contributed by atoms with E-state index in [2.05, 4.69) is 23.6 Å². The van der Waals surface area contributed by atoms with Crippen LogP contribution in [0.5, 0.6) is 0 Å². The molecule has 0 saturated carbocycles. The van der Waals surface area contributed by atoms with Crippen molar-refractivity contribution < 1.29 is 9.90 Å². The molecule has 2 aromatic heterocycles. The molecule has 0 amide bonds. The molecular formula is C24H28N4O3. The number of nitrogens with zero attached hydrogens (tertiary/aromatic N) is 3. The van der Waals surface area contributed by atoms with Crippen LogP contribution in [0.4, 0.5) is 0 Å². The van der Waals surface area contributed by atoms with Gasteiger partial charge in [-0.25, -0.2) is 4.98 Å². The number of carboxylic acid groups (broad SMARTS) is 1. The van der Waals surface area contributed by atoms with Crippen LogP contribution >= 0.6 is 0 Å². The molecule has 2 aromatic carbocycles. The van der Waals surface area contributed by atoms with Gasteiger partial charge in [-0.05, 0) is 50.6 Å². The summed E-state index contributed by atoms with van der Waals surface area (Å²) in [5.41, 5.74) is 12.1. The first-order chi connectivity index (χ1) is 14.8. The number of hydrogen-bond acceptors (Lipinski definition) is 4. The van der Waals surface area contributed by atoms with Gasteiger partial charge >= 0.3 is 0 Å². The monoisotopic (exact) mass is 420 g/mol. The van der Waals surface area contributed by atoms with Gasteiger partial charge in [0.1, 0.15) is 5.69 Å². The molecule has 4 rings (SSSR count). The minimum Gasteiger partial charge on any atom is -0.481 e. The van der Waals surface area contributed by atoms with Gasteiger partial charge in [-0.15, -0.1) is 0 Å². The van der Waals surface area contributed by atoms with Crippen LogP contribution in [0, 0.1) is 13.8 Å². The minimum absolute atomic E-state index is 0.0730. The molecule has 162 valence electrons. The van der Waals surface area contributed by atoms with Crippen LogP contribution < -0.4 is 11.3 Å². The normalized spacial score (nSPS) is 10.9. The van der Waals surface area contributed by atoms with E-state index < -0.39 is 5.97 Å². The molecule has 0 saturated heterocycles. The summed E-state index contributed by atoms with van der Waals surface area (Å²) in [4.78, 5) is 27.0. The standard InChI is InChI=1S/C22H24N4O.C2H4O2/c1-14-9-10-19-17(13-14)24-21(22(27)25(19)3)20-15(2)26(12-6-11-23)18-8-5-4-7-16(18)20;1-2(3)4/h4-5,7-10,13H,6,11-12,23H2,1-3H3;1H3,(H,3,4). The largest absolute Gasteiger partial charge is 0.481 e. The Morgan fingerprint density at radius 3 is 2.48 bits per heavy atom. The van der Waals surface area contributed by atoms with Crippen LogP contribution in [-0.2, 0) is 18.4 Å². The summed E-state index contributed by atoms with van der Waals surface area (Å²) in [6.45, 7) is 6.65. The van der Waals surface area contributed by atoms with Crippen molar-refractivity contribution in [3.8, 4) is 11.3 Å². The first-order valence-corrected chi connectivity index (χ1v) is 10.2. The van der Waals surface area contributed by atoms with Gasteiger partial charge in [0.25, 0.3) is 11.5 Å². The van der Waals surface area contributed by atoms with Gasteiger partial charge in [-0.2, -0.15) is 0 Å². The molecule has 0 radical (unpaired) electrons. The predicted octanol–water partition coefficient (Wildman–Crippen LogP) is 3.61. The predicted molar refractivity (Wildman–Crippen MR) is 124 cm³/mol. The van der Waals surface area contributed by atoms with Crippen molar-refractivity contribution in [1.82, 2.24) is 14.1 Å². The smallest absolute Gasteiger partial charge is 0.300 e. The molecule has 2 heterocycles. The lowest BCUT2D eigenvalue weighted by atomic mass is 10.1. The molecule has 31 heavy (non-hydrogen) atoms. The van der Waals surface area contributed by atoms with E-state index in [1.165, 1.54) is 0 Å². The summed E-state index contributed by atoms with van der Waals surface area (Å²) in [6.07, 6.45) is 0.890. The number of hydrogen-bond donors (Lipinski definition) is 2. The quantitative estimate of drug-likeness (QED) is 0.525. The van der Waals surface area contributed by atoms with Crippen LogP contribution in [0.15, 0.2) is 47.3 Å². The number of rotatable bonds is 4. The molecule has 0 atom stereocenters.